The predicted octanol–water partition coefficient (Wildman–Crippen LogP) is 0.670. The molecule has 4 nitrogen and oxygen atoms in total. The van der Waals surface area contributed by atoms with E-state index in [1.54, 1.807) is 6.33 Å². The van der Waals surface area contributed by atoms with Crippen LogP contribution in [0.1, 0.15) is 12.2 Å². The molecule has 0 atom stereocenters. The minimum Gasteiger partial charge on any atom is -0.315 e. The minimum atomic E-state index is 0.924. The summed E-state index contributed by atoms with van der Waals surface area (Å²) < 4.78 is 2.12. The van der Waals surface area contributed by atoms with Crippen LogP contribution in [0.25, 0.3) is 0 Å². The third-order valence-corrected chi connectivity index (χ3v) is 2.37. The fourth-order valence-corrected chi connectivity index (χ4v) is 1.58. The quantitative estimate of drug-likeness (QED) is 0.638. The third-order valence-electron chi connectivity index (χ3n) is 2.37. The molecule has 1 aromatic rings. The lowest BCUT2D eigenvalue weighted by Gasteiger charge is -2.26. The molecular weight excluding hydrogens is 164 g/mol. The summed E-state index contributed by atoms with van der Waals surface area (Å²) in [6.45, 7) is 7.83. The second-order valence-electron chi connectivity index (χ2n) is 3.29. The Balaban J connectivity index is 1.96. The van der Waals surface area contributed by atoms with Gasteiger partial charge < -0.3 is 4.57 Å². The van der Waals surface area contributed by atoms with E-state index in [1.165, 1.54) is 0 Å². The van der Waals surface area contributed by atoms with Crippen LogP contribution in [0.2, 0.25) is 0 Å². The van der Waals surface area contributed by atoms with Gasteiger partial charge in [-0.25, -0.2) is 0 Å². The summed E-state index contributed by atoms with van der Waals surface area (Å²) in [6.07, 6.45) is 4.81. The summed E-state index contributed by atoms with van der Waals surface area (Å²) in [5.41, 5.74) is 0. The summed E-state index contributed by atoms with van der Waals surface area (Å²) in [7, 11) is 0. The molecule has 0 unspecified atom stereocenters. The first-order valence-corrected chi connectivity index (χ1v) is 4.60. The van der Waals surface area contributed by atoms with Gasteiger partial charge in [0.2, 0.25) is 0 Å². The standard InChI is InChI=1S/C9H14N4/c1-2-3-4-12-5-6-13-8-10-11-9(13)7-12/h2,8H,1,3-7H2. The Morgan fingerprint density at radius 2 is 2.46 bits per heavy atom. The first-order chi connectivity index (χ1) is 6.40. The molecule has 1 aromatic heterocycles. The van der Waals surface area contributed by atoms with Crippen molar-refractivity contribution in [2.24, 2.45) is 0 Å². The van der Waals surface area contributed by atoms with E-state index in [-0.39, 0.29) is 0 Å². The van der Waals surface area contributed by atoms with Crippen LogP contribution in [0.4, 0.5) is 0 Å². The highest BCUT2D eigenvalue weighted by molar-refractivity contribution is 4.90. The van der Waals surface area contributed by atoms with Crippen molar-refractivity contribution in [3.63, 3.8) is 0 Å². The van der Waals surface area contributed by atoms with Crippen LogP contribution in [0.5, 0.6) is 0 Å². The maximum Gasteiger partial charge on any atom is 0.147 e. The number of fused-ring (bicyclic) bond motifs is 1. The van der Waals surface area contributed by atoms with Gasteiger partial charge >= 0.3 is 0 Å². The Kier molecular flexibility index (Phi) is 2.40. The smallest absolute Gasteiger partial charge is 0.147 e. The van der Waals surface area contributed by atoms with Crippen LogP contribution in [0, 0.1) is 0 Å². The number of nitrogens with zero attached hydrogens (tertiary/aromatic N) is 4. The first-order valence-electron chi connectivity index (χ1n) is 4.60. The summed E-state index contributed by atoms with van der Waals surface area (Å²) in [6, 6.07) is 0. The van der Waals surface area contributed by atoms with Crippen molar-refractivity contribution in [3.05, 3.63) is 24.8 Å². The van der Waals surface area contributed by atoms with E-state index in [2.05, 4.69) is 26.2 Å². The zero-order valence-electron chi connectivity index (χ0n) is 7.69. The van der Waals surface area contributed by atoms with Gasteiger partial charge in [0, 0.05) is 19.6 Å². The highest BCUT2D eigenvalue weighted by Gasteiger charge is 2.15. The lowest BCUT2D eigenvalue weighted by Crippen LogP contribution is -2.34. The van der Waals surface area contributed by atoms with Crippen molar-refractivity contribution >= 4 is 0 Å². The van der Waals surface area contributed by atoms with Gasteiger partial charge in [-0.1, -0.05) is 6.08 Å². The molecule has 0 N–H and O–H groups in total. The molecule has 4 heteroatoms. The summed E-state index contributed by atoms with van der Waals surface area (Å²) in [5, 5.41) is 7.95. The normalized spacial score (nSPS) is 16.9. The van der Waals surface area contributed by atoms with Gasteiger partial charge in [0.25, 0.3) is 0 Å². The van der Waals surface area contributed by atoms with E-state index in [9.17, 15) is 0 Å². The monoisotopic (exact) mass is 178 g/mol. The molecule has 1 aliphatic heterocycles. The Hall–Kier alpha value is -1.16. The number of hydrogen-bond acceptors (Lipinski definition) is 3. The highest BCUT2D eigenvalue weighted by Crippen LogP contribution is 2.08. The zero-order chi connectivity index (χ0) is 9.10. The van der Waals surface area contributed by atoms with Crippen LogP contribution in [0.3, 0.4) is 0 Å². The lowest BCUT2D eigenvalue weighted by molar-refractivity contribution is 0.221. The first kappa shape index (κ1) is 8.44. The number of aromatic nitrogens is 3. The summed E-state index contributed by atoms with van der Waals surface area (Å²) >= 11 is 0. The average Bonchev–Trinajstić information content (AvgIpc) is 2.61. The van der Waals surface area contributed by atoms with Crippen molar-refractivity contribution in [3.8, 4) is 0 Å². The largest absolute Gasteiger partial charge is 0.315 e. The van der Waals surface area contributed by atoms with E-state index >= 15 is 0 Å². The third kappa shape index (κ3) is 1.78. The minimum absolute atomic E-state index is 0.924. The molecule has 13 heavy (non-hydrogen) atoms. The number of hydrogen-bond donors (Lipinski definition) is 0. The van der Waals surface area contributed by atoms with Crippen molar-refractivity contribution in [2.75, 3.05) is 13.1 Å². The Bertz CT molecular complexity index is 292. The van der Waals surface area contributed by atoms with Crippen molar-refractivity contribution in [2.45, 2.75) is 19.5 Å². The maximum absolute atomic E-state index is 4.06. The molecular formula is C9H14N4. The van der Waals surface area contributed by atoms with Crippen molar-refractivity contribution in [1.82, 2.24) is 19.7 Å². The van der Waals surface area contributed by atoms with E-state index in [4.69, 9.17) is 0 Å². The van der Waals surface area contributed by atoms with Crippen LogP contribution < -0.4 is 0 Å². The molecule has 0 saturated carbocycles. The van der Waals surface area contributed by atoms with Crippen LogP contribution in [0.15, 0.2) is 19.0 Å². The molecule has 0 saturated heterocycles. The van der Waals surface area contributed by atoms with Gasteiger partial charge in [-0.2, -0.15) is 0 Å². The fraction of sp³-hybridized carbons (Fsp3) is 0.556. The van der Waals surface area contributed by atoms with Crippen LogP contribution in [-0.4, -0.2) is 32.8 Å². The molecule has 0 aliphatic carbocycles. The fourth-order valence-electron chi connectivity index (χ4n) is 1.58. The van der Waals surface area contributed by atoms with Crippen molar-refractivity contribution < 1.29 is 0 Å². The van der Waals surface area contributed by atoms with Gasteiger partial charge in [-0.05, 0) is 6.42 Å². The number of rotatable bonds is 3. The second kappa shape index (κ2) is 3.70. The van der Waals surface area contributed by atoms with E-state index in [0.29, 0.717) is 0 Å². The predicted molar refractivity (Wildman–Crippen MR) is 50.1 cm³/mol. The lowest BCUT2D eigenvalue weighted by atomic mass is 10.3. The van der Waals surface area contributed by atoms with Crippen molar-refractivity contribution in [1.29, 1.82) is 0 Å². The molecule has 0 radical (unpaired) electrons. The van der Waals surface area contributed by atoms with Gasteiger partial charge in [0.05, 0.1) is 6.54 Å². The molecule has 0 bridgehead atoms. The molecule has 0 fully saturated rings. The second-order valence-corrected chi connectivity index (χ2v) is 3.29. The van der Waals surface area contributed by atoms with E-state index in [1.807, 2.05) is 6.08 Å². The van der Waals surface area contributed by atoms with Crippen LogP contribution in [-0.2, 0) is 13.1 Å². The molecule has 0 amide bonds. The average molecular weight is 178 g/mol. The Labute approximate surface area is 77.9 Å². The van der Waals surface area contributed by atoms with Crippen LogP contribution >= 0.6 is 0 Å². The summed E-state index contributed by atoms with van der Waals surface area (Å²) in [4.78, 5) is 2.38. The molecule has 1 aliphatic rings. The Morgan fingerprint density at radius 1 is 1.54 bits per heavy atom. The van der Waals surface area contributed by atoms with Gasteiger partial charge in [0.15, 0.2) is 0 Å². The molecule has 2 rings (SSSR count). The Morgan fingerprint density at radius 3 is 3.31 bits per heavy atom. The van der Waals surface area contributed by atoms with Gasteiger partial charge in [-0.3, -0.25) is 4.90 Å². The highest BCUT2D eigenvalue weighted by atomic mass is 15.3. The van der Waals surface area contributed by atoms with E-state index < -0.39 is 0 Å². The molecule has 70 valence electrons. The van der Waals surface area contributed by atoms with Gasteiger partial charge in [0.1, 0.15) is 12.2 Å². The summed E-state index contributed by atoms with van der Waals surface area (Å²) in [5.74, 6) is 1.08. The topological polar surface area (TPSA) is 34.0 Å². The SMILES string of the molecule is C=CCCN1CCn2cnnc2C1. The zero-order valence-corrected chi connectivity index (χ0v) is 7.69. The maximum atomic E-state index is 4.06. The molecule has 0 spiro atoms. The molecule has 2 heterocycles. The van der Waals surface area contributed by atoms with E-state index in [0.717, 1.165) is 38.4 Å². The molecule has 0 aromatic carbocycles. The van der Waals surface area contributed by atoms with Gasteiger partial charge in [-0.15, -0.1) is 16.8 Å².